The van der Waals surface area contributed by atoms with Gasteiger partial charge in [-0.25, -0.2) is 0 Å². The summed E-state index contributed by atoms with van der Waals surface area (Å²) >= 11 is 0. The van der Waals surface area contributed by atoms with Crippen molar-refractivity contribution in [1.82, 2.24) is 4.90 Å². The lowest BCUT2D eigenvalue weighted by molar-refractivity contribution is -0.0260. The van der Waals surface area contributed by atoms with Gasteiger partial charge in [0.25, 0.3) is 0 Å². The number of nitrogens with two attached hydrogens (primary N) is 1. The van der Waals surface area contributed by atoms with Crippen molar-refractivity contribution < 1.29 is 9.47 Å². The largest absolute Gasteiger partial charge is 0.494 e. The van der Waals surface area contributed by atoms with Crippen molar-refractivity contribution in [1.29, 1.82) is 0 Å². The Hall–Kier alpha value is -1.10. The predicted molar refractivity (Wildman–Crippen MR) is 71.7 cm³/mol. The lowest BCUT2D eigenvalue weighted by Gasteiger charge is -2.32. The van der Waals surface area contributed by atoms with Gasteiger partial charge in [0.15, 0.2) is 0 Å². The van der Waals surface area contributed by atoms with Gasteiger partial charge in [0.2, 0.25) is 0 Å². The Morgan fingerprint density at radius 2 is 2.39 bits per heavy atom. The number of rotatable bonds is 5. The van der Waals surface area contributed by atoms with Gasteiger partial charge in [0.05, 0.1) is 19.3 Å². The zero-order valence-corrected chi connectivity index (χ0v) is 11.0. The van der Waals surface area contributed by atoms with Crippen LogP contribution in [0.2, 0.25) is 0 Å². The Morgan fingerprint density at radius 1 is 1.50 bits per heavy atom. The maximum Gasteiger partial charge on any atom is 0.119 e. The van der Waals surface area contributed by atoms with E-state index in [1.807, 2.05) is 19.1 Å². The molecule has 100 valence electrons. The van der Waals surface area contributed by atoms with E-state index in [4.69, 9.17) is 15.2 Å². The van der Waals surface area contributed by atoms with Crippen molar-refractivity contribution in [3.8, 4) is 5.75 Å². The van der Waals surface area contributed by atoms with Crippen LogP contribution >= 0.6 is 0 Å². The zero-order valence-electron chi connectivity index (χ0n) is 11.0. The molecule has 1 aromatic carbocycles. The van der Waals surface area contributed by atoms with Crippen molar-refractivity contribution in [3.05, 3.63) is 29.8 Å². The van der Waals surface area contributed by atoms with Crippen molar-refractivity contribution in [3.63, 3.8) is 0 Å². The van der Waals surface area contributed by atoms with Crippen LogP contribution in [-0.2, 0) is 11.3 Å². The Labute approximate surface area is 109 Å². The Morgan fingerprint density at radius 3 is 3.17 bits per heavy atom. The van der Waals surface area contributed by atoms with Crippen LogP contribution in [0.1, 0.15) is 12.5 Å². The summed E-state index contributed by atoms with van der Waals surface area (Å²) in [5.41, 5.74) is 6.93. The summed E-state index contributed by atoms with van der Waals surface area (Å²) in [6, 6.07) is 8.28. The monoisotopic (exact) mass is 250 g/mol. The molecule has 2 N–H and O–H groups in total. The van der Waals surface area contributed by atoms with Gasteiger partial charge in [-0.15, -0.1) is 0 Å². The molecule has 1 aromatic rings. The van der Waals surface area contributed by atoms with Gasteiger partial charge in [-0.3, -0.25) is 4.90 Å². The molecule has 2 rings (SSSR count). The average molecular weight is 250 g/mol. The first-order valence-corrected chi connectivity index (χ1v) is 6.57. The normalized spacial score (nSPS) is 20.9. The molecule has 1 aliphatic rings. The first kappa shape index (κ1) is 13.3. The molecule has 0 radical (unpaired) electrons. The molecule has 0 spiro atoms. The molecule has 1 fully saturated rings. The second-order valence-corrected chi connectivity index (χ2v) is 4.54. The topological polar surface area (TPSA) is 47.7 Å². The minimum absolute atomic E-state index is 0.175. The third-order valence-electron chi connectivity index (χ3n) is 3.10. The number of morpholine rings is 1. The van der Waals surface area contributed by atoms with E-state index >= 15 is 0 Å². The van der Waals surface area contributed by atoms with E-state index in [1.165, 1.54) is 5.56 Å². The second kappa shape index (κ2) is 6.73. The lowest BCUT2D eigenvalue weighted by atomic mass is 10.2. The molecule has 0 aromatic heterocycles. The van der Waals surface area contributed by atoms with Gasteiger partial charge in [0, 0.05) is 26.2 Å². The number of hydrogen-bond donors (Lipinski definition) is 1. The minimum atomic E-state index is 0.175. The van der Waals surface area contributed by atoms with Crippen LogP contribution in [0.15, 0.2) is 24.3 Å². The fraction of sp³-hybridized carbons (Fsp3) is 0.571. The van der Waals surface area contributed by atoms with Crippen molar-refractivity contribution in [2.75, 3.05) is 32.8 Å². The van der Waals surface area contributed by atoms with Gasteiger partial charge in [-0.05, 0) is 24.6 Å². The fourth-order valence-electron chi connectivity index (χ4n) is 2.23. The Balaban J connectivity index is 1.93. The Kier molecular flexibility index (Phi) is 4.99. The second-order valence-electron chi connectivity index (χ2n) is 4.54. The third kappa shape index (κ3) is 3.70. The summed E-state index contributed by atoms with van der Waals surface area (Å²) in [5.74, 6) is 0.943. The van der Waals surface area contributed by atoms with Crippen LogP contribution in [0.4, 0.5) is 0 Å². The van der Waals surface area contributed by atoms with Gasteiger partial charge < -0.3 is 15.2 Å². The first-order valence-electron chi connectivity index (χ1n) is 6.57. The van der Waals surface area contributed by atoms with Crippen molar-refractivity contribution in [2.24, 2.45) is 5.73 Å². The molecule has 1 aliphatic heterocycles. The highest BCUT2D eigenvalue weighted by molar-refractivity contribution is 5.28. The summed E-state index contributed by atoms with van der Waals surface area (Å²) in [4.78, 5) is 2.38. The highest BCUT2D eigenvalue weighted by Gasteiger charge is 2.19. The third-order valence-corrected chi connectivity index (χ3v) is 3.10. The minimum Gasteiger partial charge on any atom is -0.494 e. The van der Waals surface area contributed by atoms with Crippen molar-refractivity contribution >= 4 is 0 Å². The van der Waals surface area contributed by atoms with Crippen LogP contribution in [0, 0.1) is 0 Å². The first-order chi connectivity index (χ1) is 8.81. The summed E-state index contributed by atoms with van der Waals surface area (Å²) in [6.45, 7) is 6.88. The molecule has 1 atom stereocenters. The van der Waals surface area contributed by atoms with Gasteiger partial charge in [-0.2, -0.15) is 0 Å². The number of hydrogen-bond acceptors (Lipinski definition) is 4. The Bertz CT molecular complexity index is 371. The average Bonchev–Trinajstić information content (AvgIpc) is 2.40. The van der Waals surface area contributed by atoms with E-state index in [9.17, 15) is 0 Å². The molecular formula is C14H22N2O2. The number of benzene rings is 1. The predicted octanol–water partition coefficient (Wildman–Crippen LogP) is 1.24. The highest BCUT2D eigenvalue weighted by Crippen LogP contribution is 2.16. The lowest BCUT2D eigenvalue weighted by Crippen LogP contribution is -2.45. The maximum absolute atomic E-state index is 5.65. The quantitative estimate of drug-likeness (QED) is 0.854. The molecule has 4 nitrogen and oxygen atoms in total. The standard InChI is InChI=1S/C14H22N2O2/c1-2-17-13-5-3-4-12(8-13)10-16-6-7-18-14(9-15)11-16/h3-5,8,14H,2,6-7,9-11,15H2,1H3. The summed E-state index contributed by atoms with van der Waals surface area (Å²) < 4.78 is 11.1. The summed E-state index contributed by atoms with van der Waals surface area (Å²) in [6.07, 6.45) is 0.175. The molecule has 1 saturated heterocycles. The molecular weight excluding hydrogens is 228 g/mol. The van der Waals surface area contributed by atoms with Crippen molar-refractivity contribution in [2.45, 2.75) is 19.6 Å². The van der Waals surface area contributed by atoms with Crippen LogP contribution in [-0.4, -0.2) is 43.9 Å². The van der Waals surface area contributed by atoms with E-state index < -0.39 is 0 Å². The smallest absolute Gasteiger partial charge is 0.119 e. The van der Waals surface area contributed by atoms with E-state index in [0.717, 1.165) is 32.0 Å². The molecule has 1 unspecified atom stereocenters. The number of ether oxygens (including phenoxy) is 2. The SMILES string of the molecule is CCOc1cccc(CN2CCOC(CN)C2)c1. The van der Waals surface area contributed by atoms with Crippen LogP contribution < -0.4 is 10.5 Å². The van der Waals surface area contributed by atoms with Crippen LogP contribution in [0.25, 0.3) is 0 Å². The molecule has 0 bridgehead atoms. The molecule has 0 saturated carbocycles. The fourth-order valence-corrected chi connectivity index (χ4v) is 2.23. The van der Waals surface area contributed by atoms with E-state index in [0.29, 0.717) is 13.2 Å². The summed E-state index contributed by atoms with van der Waals surface area (Å²) in [5, 5.41) is 0. The van der Waals surface area contributed by atoms with E-state index in [2.05, 4.69) is 17.0 Å². The van der Waals surface area contributed by atoms with Crippen LogP contribution in [0.5, 0.6) is 5.75 Å². The maximum atomic E-state index is 5.65. The van der Waals surface area contributed by atoms with E-state index in [1.54, 1.807) is 0 Å². The zero-order chi connectivity index (χ0) is 12.8. The van der Waals surface area contributed by atoms with Gasteiger partial charge >= 0.3 is 0 Å². The molecule has 1 heterocycles. The summed E-state index contributed by atoms with van der Waals surface area (Å²) in [7, 11) is 0. The molecule has 4 heteroatoms. The highest BCUT2D eigenvalue weighted by atomic mass is 16.5. The van der Waals surface area contributed by atoms with Crippen LogP contribution in [0.3, 0.4) is 0 Å². The molecule has 0 aliphatic carbocycles. The molecule has 18 heavy (non-hydrogen) atoms. The van der Waals surface area contributed by atoms with Gasteiger partial charge in [0.1, 0.15) is 5.75 Å². The van der Waals surface area contributed by atoms with E-state index in [-0.39, 0.29) is 6.10 Å². The van der Waals surface area contributed by atoms with Gasteiger partial charge in [-0.1, -0.05) is 12.1 Å². The molecule has 0 amide bonds. The number of nitrogens with zero attached hydrogens (tertiary/aromatic N) is 1.